The lowest BCUT2D eigenvalue weighted by Crippen LogP contribution is -2.33. The Morgan fingerprint density at radius 3 is 2.67 bits per heavy atom. The fourth-order valence-corrected chi connectivity index (χ4v) is 3.55. The van der Waals surface area contributed by atoms with Crippen molar-refractivity contribution in [1.82, 2.24) is 4.90 Å². The number of halogens is 1. The van der Waals surface area contributed by atoms with Crippen molar-refractivity contribution >= 4 is 46.0 Å². The number of hydrogen-bond donors (Lipinski definition) is 1. The van der Waals surface area contributed by atoms with Gasteiger partial charge in [0.25, 0.3) is 5.91 Å². The highest BCUT2D eigenvalue weighted by Crippen LogP contribution is 2.32. The second-order valence-electron chi connectivity index (χ2n) is 5.28. The Labute approximate surface area is 149 Å². The van der Waals surface area contributed by atoms with Gasteiger partial charge in [0.2, 0.25) is 0 Å². The number of rotatable bonds is 4. The average Bonchev–Trinajstić information content (AvgIpc) is 2.83. The molecule has 3 nitrogen and oxygen atoms in total. The molecule has 1 N–H and O–H groups in total. The Morgan fingerprint density at radius 1 is 1.21 bits per heavy atom. The lowest BCUT2D eigenvalue weighted by molar-refractivity contribution is -0.121. The minimum absolute atomic E-state index is 0.214. The molecule has 1 saturated heterocycles. The zero-order valence-corrected chi connectivity index (χ0v) is 14.6. The molecule has 0 aliphatic carbocycles. The van der Waals surface area contributed by atoms with Crippen molar-refractivity contribution in [2.75, 3.05) is 12.0 Å². The van der Waals surface area contributed by atoms with Gasteiger partial charge >= 0.3 is 0 Å². The zero-order valence-electron chi connectivity index (χ0n) is 13.0. The molecular formula is C18H15FN2OS2. The molecule has 0 atom stereocenters. The SMILES string of the molecule is Cc1ccccc1NCN1C(=O)/C(=C/c2ccccc2F)SC1=S. The van der Waals surface area contributed by atoms with E-state index in [-0.39, 0.29) is 18.4 Å². The summed E-state index contributed by atoms with van der Waals surface area (Å²) in [5.74, 6) is -0.574. The second-order valence-corrected chi connectivity index (χ2v) is 6.96. The van der Waals surface area contributed by atoms with Crippen molar-refractivity contribution in [2.45, 2.75) is 6.92 Å². The molecular weight excluding hydrogens is 343 g/mol. The van der Waals surface area contributed by atoms with Crippen LogP contribution in [0, 0.1) is 12.7 Å². The molecule has 1 fully saturated rings. The van der Waals surface area contributed by atoms with Gasteiger partial charge in [0, 0.05) is 11.3 Å². The van der Waals surface area contributed by atoms with E-state index in [9.17, 15) is 9.18 Å². The number of nitrogens with one attached hydrogen (secondary N) is 1. The molecule has 0 bridgehead atoms. The van der Waals surface area contributed by atoms with Crippen LogP contribution in [0.15, 0.2) is 53.4 Å². The first-order valence-corrected chi connectivity index (χ1v) is 8.58. The second kappa shape index (κ2) is 7.15. The Kier molecular flexibility index (Phi) is 4.97. The quantitative estimate of drug-likeness (QED) is 0.648. The fourth-order valence-electron chi connectivity index (χ4n) is 2.31. The van der Waals surface area contributed by atoms with Crippen molar-refractivity contribution in [2.24, 2.45) is 0 Å². The molecule has 0 spiro atoms. The molecule has 1 aliphatic heterocycles. The number of para-hydroxylation sites is 1. The van der Waals surface area contributed by atoms with Gasteiger partial charge in [-0.25, -0.2) is 4.39 Å². The molecule has 1 aliphatic rings. The highest BCUT2D eigenvalue weighted by molar-refractivity contribution is 8.26. The monoisotopic (exact) mass is 358 g/mol. The normalized spacial score (nSPS) is 16.1. The Bertz CT molecular complexity index is 835. The van der Waals surface area contributed by atoms with Gasteiger partial charge < -0.3 is 5.32 Å². The van der Waals surface area contributed by atoms with Crippen LogP contribution in [0.1, 0.15) is 11.1 Å². The van der Waals surface area contributed by atoms with Gasteiger partial charge in [-0.15, -0.1) is 0 Å². The third-order valence-electron chi connectivity index (χ3n) is 3.64. The maximum atomic E-state index is 13.8. The van der Waals surface area contributed by atoms with E-state index >= 15 is 0 Å². The summed E-state index contributed by atoms with van der Waals surface area (Å²) >= 11 is 6.47. The smallest absolute Gasteiger partial charge is 0.267 e. The van der Waals surface area contributed by atoms with Crippen LogP contribution in [0.4, 0.5) is 10.1 Å². The van der Waals surface area contributed by atoms with Crippen LogP contribution in [0.25, 0.3) is 6.08 Å². The Morgan fingerprint density at radius 2 is 1.92 bits per heavy atom. The summed E-state index contributed by atoms with van der Waals surface area (Å²) in [6, 6.07) is 14.2. The van der Waals surface area contributed by atoms with Gasteiger partial charge in [0.05, 0.1) is 11.6 Å². The van der Waals surface area contributed by atoms with E-state index in [1.165, 1.54) is 22.7 Å². The summed E-state index contributed by atoms with van der Waals surface area (Å²) in [6.45, 7) is 2.27. The number of thiocarbonyl (C=S) groups is 1. The van der Waals surface area contributed by atoms with Crippen LogP contribution in [0.5, 0.6) is 0 Å². The maximum Gasteiger partial charge on any atom is 0.267 e. The highest BCUT2D eigenvalue weighted by Gasteiger charge is 2.32. The van der Waals surface area contributed by atoms with Gasteiger partial charge in [-0.1, -0.05) is 60.4 Å². The van der Waals surface area contributed by atoms with Gasteiger partial charge in [0.1, 0.15) is 10.1 Å². The minimum atomic E-state index is -0.360. The van der Waals surface area contributed by atoms with Gasteiger partial charge in [-0.3, -0.25) is 9.69 Å². The first-order valence-electron chi connectivity index (χ1n) is 7.35. The molecule has 122 valence electrons. The molecule has 3 rings (SSSR count). The molecule has 1 heterocycles. The van der Waals surface area contributed by atoms with Crippen molar-refractivity contribution < 1.29 is 9.18 Å². The largest absolute Gasteiger partial charge is 0.367 e. The molecule has 1 amide bonds. The van der Waals surface area contributed by atoms with E-state index in [4.69, 9.17) is 12.2 Å². The van der Waals surface area contributed by atoms with E-state index < -0.39 is 0 Å². The molecule has 0 aromatic heterocycles. The average molecular weight is 358 g/mol. The topological polar surface area (TPSA) is 32.3 Å². The number of aryl methyl sites for hydroxylation is 1. The molecule has 0 saturated carbocycles. The van der Waals surface area contributed by atoms with Crippen LogP contribution >= 0.6 is 24.0 Å². The third kappa shape index (κ3) is 3.49. The molecule has 2 aromatic carbocycles. The molecule has 0 unspecified atom stereocenters. The minimum Gasteiger partial charge on any atom is -0.367 e. The lowest BCUT2D eigenvalue weighted by Gasteiger charge is -2.17. The zero-order chi connectivity index (χ0) is 17.1. The number of amides is 1. The van der Waals surface area contributed by atoms with Gasteiger partial charge in [0.15, 0.2) is 0 Å². The summed E-state index contributed by atoms with van der Waals surface area (Å²) < 4.78 is 14.2. The summed E-state index contributed by atoms with van der Waals surface area (Å²) in [5, 5.41) is 3.21. The van der Waals surface area contributed by atoms with Crippen molar-refractivity contribution in [3.63, 3.8) is 0 Å². The molecule has 24 heavy (non-hydrogen) atoms. The van der Waals surface area contributed by atoms with Gasteiger partial charge in [-0.2, -0.15) is 0 Å². The maximum absolute atomic E-state index is 13.8. The number of benzene rings is 2. The first-order chi connectivity index (χ1) is 11.6. The van der Waals surface area contributed by atoms with E-state index in [1.807, 2.05) is 31.2 Å². The molecule has 6 heteroatoms. The number of anilines is 1. The van der Waals surface area contributed by atoms with E-state index in [0.29, 0.717) is 14.8 Å². The predicted octanol–water partition coefficient (Wildman–Crippen LogP) is 4.40. The van der Waals surface area contributed by atoms with Crippen molar-refractivity contribution in [3.8, 4) is 0 Å². The van der Waals surface area contributed by atoms with Crippen LogP contribution in [0.2, 0.25) is 0 Å². The number of hydrogen-bond acceptors (Lipinski definition) is 4. The number of carbonyl (C=O) groups excluding carboxylic acids is 1. The van der Waals surface area contributed by atoms with Crippen molar-refractivity contribution in [3.05, 3.63) is 70.4 Å². The molecule has 0 radical (unpaired) electrons. The lowest BCUT2D eigenvalue weighted by atomic mass is 10.2. The number of thioether (sulfide) groups is 1. The fraction of sp³-hybridized carbons (Fsp3) is 0.111. The van der Waals surface area contributed by atoms with E-state index in [0.717, 1.165) is 11.3 Å². The summed E-state index contributed by atoms with van der Waals surface area (Å²) in [5.41, 5.74) is 2.42. The first kappa shape index (κ1) is 16.7. The highest BCUT2D eigenvalue weighted by atomic mass is 32.2. The van der Waals surface area contributed by atoms with Crippen LogP contribution in [0.3, 0.4) is 0 Å². The number of carbonyl (C=O) groups is 1. The third-order valence-corrected chi connectivity index (χ3v) is 5.02. The Hall–Kier alpha value is -2.18. The number of nitrogens with zero attached hydrogens (tertiary/aromatic N) is 1. The van der Waals surface area contributed by atoms with Gasteiger partial charge in [-0.05, 0) is 30.7 Å². The van der Waals surface area contributed by atoms with E-state index in [1.54, 1.807) is 24.3 Å². The Balaban J connectivity index is 1.75. The summed E-state index contributed by atoms with van der Waals surface area (Å²) in [6.07, 6.45) is 1.54. The van der Waals surface area contributed by atoms with Crippen LogP contribution < -0.4 is 5.32 Å². The van der Waals surface area contributed by atoms with E-state index in [2.05, 4.69) is 5.32 Å². The standard InChI is InChI=1S/C18H15FN2OS2/c1-12-6-2-5-9-15(12)20-11-21-17(22)16(24-18(21)23)10-13-7-3-4-8-14(13)19/h2-10,20H,11H2,1H3/b16-10-. The summed E-state index contributed by atoms with van der Waals surface area (Å²) in [4.78, 5) is 14.4. The summed E-state index contributed by atoms with van der Waals surface area (Å²) in [7, 11) is 0. The van der Waals surface area contributed by atoms with Crippen LogP contribution in [-0.2, 0) is 4.79 Å². The predicted molar refractivity (Wildman–Crippen MR) is 101 cm³/mol. The van der Waals surface area contributed by atoms with Crippen molar-refractivity contribution in [1.29, 1.82) is 0 Å². The molecule has 2 aromatic rings. The van der Waals surface area contributed by atoms with Crippen LogP contribution in [-0.4, -0.2) is 21.8 Å².